The van der Waals surface area contributed by atoms with Crippen LogP contribution in [0, 0.1) is 5.92 Å². The van der Waals surface area contributed by atoms with Gasteiger partial charge in [-0.3, -0.25) is 0 Å². The molecule has 0 saturated carbocycles. The van der Waals surface area contributed by atoms with E-state index < -0.39 is 0 Å². The number of rotatable bonds is 1. The number of fused-ring (bicyclic) bond motifs is 1. The standard InChI is InChI=1S/C12H14N2S/c1-9-6-7-14(8-9)12-13-10-4-2-3-5-11(10)15-12/h2-5,9H,6-8H2,1H3/t9-/m0/s1. The molecule has 0 N–H and O–H groups in total. The third-order valence-corrected chi connectivity index (χ3v) is 4.07. The van der Waals surface area contributed by atoms with Crippen molar-refractivity contribution in [3.8, 4) is 0 Å². The molecule has 15 heavy (non-hydrogen) atoms. The van der Waals surface area contributed by atoms with Gasteiger partial charge in [-0.2, -0.15) is 0 Å². The summed E-state index contributed by atoms with van der Waals surface area (Å²) < 4.78 is 1.30. The molecule has 3 heteroatoms. The van der Waals surface area contributed by atoms with Crippen LogP contribution in [0.3, 0.4) is 0 Å². The first kappa shape index (κ1) is 9.16. The normalized spacial score (nSPS) is 21.4. The molecule has 0 bridgehead atoms. The highest BCUT2D eigenvalue weighted by atomic mass is 32.1. The second-order valence-corrected chi connectivity index (χ2v) is 5.31. The zero-order valence-electron chi connectivity index (χ0n) is 8.81. The van der Waals surface area contributed by atoms with Gasteiger partial charge in [-0.05, 0) is 24.5 Å². The third-order valence-electron chi connectivity index (χ3n) is 2.98. The largest absolute Gasteiger partial charge is 0.348 e. The molecule has 0 aliphatic carbocycles. The Morgan fingerprint density at radius 1 is 1.40 bits per heavy atom. The number of benzene rings is 1. The fraction of sp³-hybridized carbons (Fsp3) is 0.417. The minimum absolute atomic E-state index is 0.817. The summed E-state index contributed by atoms with van der Waals surface area (Å²) in [4.78, 5) is 7.09. The summed E-state index contributed by atoms with van der Waals surface area (Å²) in [6.45, 7) is 4.65. The van der Waals surface area contributed by atoms with Gasteiger partial charge in [-0.1, -0.05) is 30.4 Å². The molecule has 0 unspecified atom stereocenters. The van der Waals surface area contributed by atoms with Crippen molar-refractivity contribution >= 4 is 26.7 Å². The number of nitrogens with zero attached hydrogens (tertiary/aromatic N) is 2. The Hall–Kier alpha value is -1.09. The van der Waals surface area contributed by atoms with E-state index in [2.05, 4.69) is 41.1 Å². The van der Waals surface area contributed by atoms with Crippen molar-refractivity contribution in [2.45, 2.75) is 13.3 Å². The zero-order chi connectivity index (χ0) is 10.3. The van der Waals surface area contributed by atoms with Crippen LogP contribution in [0.2, 0.25) is 0 Å². The fourth-order valence-electron chi connectivity index (χ4n) is 2.10. The lowest BCUT2D eigenvalue weighted by Gasteiger charge is -2.12. The van der Waals surface area contributed by atoms with Crippen LogP contribution < -0.4 is 4.90 Å². The lowest BCUT2D eigenvalue weighted by atomic mass is 10.2. The van der Waals surface area contributed by atoms with Gasteiger partial charge in [0.2, 0.25) is 0 Å². The van der Waals surface area contributed by atoms with Crippen molar-refractivity contribution < 1.29 is 0 Å². The first-order valence-electron chi connectivity index (χ1n) is 5.43. The third kappa shape index (κ3) is 1.61. The first-order valence-corrected chi connectivity index (χ1v) is 6.25. The van der Waals surface area contributed by atoms with Gasteiger partial charge in [0, 0.05) is 13.1 Å². The van der Waals surface area contributed by atoms with Gasteiger partial charge >= 0.3 is 0 Å². The molecule has 0 radical (unpaired) electrons. The summed E-state index contributed by atoms with van der Waals surface area (Å²) in [5, 5.41) is 1.19. The summed E-state index contributed by atoms with van der Waals surface area (Å²) in [7, 11) is 0. The molecule has 0 amide bonds. The molecule has 1 fully saturated rings. The summed E-state index contributed by atoms with van der Waals surface area (Å²) in [5.41, 5.74) is 1.14. The van der Waals surface area contributed by atoms with Gasteiger partial charge in [-0.25, -0.2) is 4.98 Å². The van der Waals surface area contributed by atoms with E-state index in [1.807, 2.05) is 11.3 Å². The van der Waals surface area contributed by atoms with E-state index in [1.165, 1.54) is 29.3 Å². The van der Waals surface area contributed by atoms with Crippen molar-refractivity contribution in [2.24, 2.45) is 5.92 Å². The monoisotopic (exact) mass is 218 g/mol. The zero-order valence-corrected chi connectivity index (χ0v) is 9.63. The van der Waals surface area contributed by atoms with Crippen molar-refractivity contribution in [2.75, 3.05) is 18.0 Å². The van der Waals surface area contributed by atoms with E-state index in [0.717, 1.165) is 11.4 Å². The lowest BCUT2D eigenvalue weighted by molar-refractivity contribution is 0.659. The van der Waals surface area contributed by atoms with Crippen LogP contribution in [0.5, 0.6) is 0 Å². The van der Waals surface area contributed by atoms with E-state index >= 15 is 0 Å². The Labute approximate surface area is 93.6 Å². The number of hydrogen-bond donors (Lipinski definition) is 0. The molecule has 0 spiro atoms. The molecule has 3 rings (SSSR count). The van der Waals surface area contributed by atoms with Crippen LogP contribution in [0.1, 0.15) is 13.3 Å². The van der Waals surface area contributed by atoms with Gasteiger partial charge in [0.05, 0.1) is 10.2 Å². The molecule has 2 heterocycles. The van der Waals surface area contributed by atoms with Crippen LogP contribution in [0.4, 0.5) is 5.13 Å². The molecule has 1 aromatic carbocycles. The van der Waals surface area contributed by atoms with E-state index in [4.69, 9.17) is 0 Å². The average Bonchev–Trinajstić information content (AvgIpc) is 2.82. The lowest BCUT2D eigenvalue weighted by Crippen LogP contribution is -2.18. The smallest absolute Gasteiger partial charge is 0.186 e. The van der Waals surface area contributed by atoms with Crippen molar-refractivity contribution in [1.82, 2.24) is 4.98 Å². The molecular formula is C12H14N2S. The molecule has 2 aromatic rings. The van der Waals surface area contributed by atoms with Gasteiger partial charge in [-0.15, -0.1) is 0 Å². The maximum atomic E-state index is 4.67. The Morgan fingerprint density at radius 2 is 2.27 bits per heavy atom. The fourth-order valence-corrected chi connectivity index (χ4v) is 3.10. The van der Waals surface area contributed by atoms with Gasteiger partial charge in [0.1, 0.15) is 0 Å². The quantitative estimate of drug-likeness (QED) is 0.731. The minimum Gasteiger partial charge on any atom is -0.348 e. The molecule has 1 aromatic heterocycles. The Morgan fingerprint density at radius 3 is 3.00 bits per heavy atom. The van der Waals surface area contributed by atoms with Crippen molar-refractivity contribution in [1.29, 1.82) is 0 Å². The Bertz CT molecular complexity index is 444. The summed E-state index contributed by atoms with van der Waals surface area (Å²) in [6.07, 6.45) is 1.30. The predicted octanol–water partition coefficient (Wildman–Crippen LogP) is 3.14. The van der Waals surface area contributed by atoms with Crippen molar-refractivity contribution in [3.63, 3.8) is 0 Å². The SMILES string of the molecule is C[C@H]1CCN(c2nc3ccccc3s2)C1. The second kappa shape index (κ2) is 3.49. The summed E-state index contributed by atoms with van der Waals surface area (Å²) in [6, 6.07) is 8.38. The highest BCUT2D eigenvalue weighted by Crippen LogP contribution is 2.31. The Kier molecular flexibility index (Phi) is 2.13. The molecule has 2 nitrogen and oxygen atoms in total. The average molecular weight is 218 g/mol. The van der Waals surface area contributed by atoms with Gasteiger partial charge in [0.25, 0.3) is 0 Å². The number of anilines is 1. The first-order chi connectivity index (χ1) is 7.33. The molecule has 1 aliphatic rings. The predicted molar refractivity (Wildman–Crippen MR) is 65.6 cm³/mol. The van der Waals surface area contributed by atoms with Crippen molar-refractivity contribution in [3.05, 3.63) is 24.3 Å². The van der Waals surface area contributed by atoms with Crippen LogP contribution in [0.25, 0.3) is 10.2 Å². The molecular weight excluding hydrogens is 204 g/mol. The number of para-hydroxylation sites is 1. The number of aromatic nitrogens is 1. The molecule has 1 saturated heterocycles. The summed E-state index contributed by atoms with van der Waals surface area (Å²) >= 11 is 1.81. The van der Waals surface area contributed by atoms with E-state index in [0.29, 0.717) is 0 Å². The number of hydrogen-bond acceptors (Lipinski definition) is 3. The van der Waals surface area contributed by atoms with Crippen LogP contribution >= 0.6 is 11.3 Å². The van der Waals surface area contributed by atoms with E-state index in [9.17, 15) is 0 Å². The molecule has 78 valence electrons. The maximum absolute atomic E-state index is 4.67. The van der Waals surface area contributed by atoms with E-state index in [-0.39, 0.29) is 0 Å². The van der Waals surface area contributed by atoms with Crippen LogP contribution in [-0.4, -0.2) is 18.1 Å². The molecule has 1 atom stereocenters. The maximum Gasteiger partial charge on any atom is 0.186 e. The second-order valence-electron chi connectivity index (χ2n) is 4.30. The van der Waals surface area contributed by atoms with Gasteiger partial charge in [0.15, 0.2) is 5.13 Å². The topological polar surface area (TPSA) is 16.1 Å². The van der Waals surface area contributed by atoms with Gasteiger partial charge < -0.3 is 4.90 Å². The van der Waals surface area contributed by atoms with E-state index in [1.54, 1.807) is 0 Å². The number of thiazole rings is 1. The molecule has 1 aliphatic heterocycles. The summed E-state index contributed by atoms with van der Waals surface area (Å²) in [5.74, 6) is 0.817. The minimum atomic E-state index is 0.817. The highest BCUT2D eigenvalue weighted by molar-refractivity contribution is 7.22. The highest BCUT2D eigenvalue weighted by Gasteiger charge is 2.21. The van der Waals surface area contributed by atoms with Crippen LogP contribution in [0.15, 0.2) is 24.3 Å². The van der Waals surface area contributed by atoms with Crippen LogP contribution in [-0.2, 0) is 0 Å². The Balaban J connectivity index is 1.98.